The Hall–Kier alpha value is -2.49. The highest BCUT2D eigenvalue weighted by Gasteiger charge is 2.10. The van der Waals surface area contributed by atoms with Crippen LogP contribution in [0, 0.1) is 0 Å². The van der Waals surface area contributed by atoms with Crippen molar-refractivity contribution in [1.29, 1.82) is 0 Å². The van der Waals surface area contributed by atoms with Gasteiger partial charge in [0.1, 0.15) is 5.75 Å². The summed E-state index contributed by atoms with van der Waals surface area (Å²) in [5.41, 5.74) is 4.11. The fourth-order valence-electron chi connectivity index (χ4n) is 2.66. The molecule has 0 aromatic heterocycles. The number of aryl methyl sites for hydroxylation is 2. The summed E-state index contributed by atoms with van der Waals surface area (Å²) in [5, 5.41) is 6.22. The van der Waals surface area contributed by atoms with Gasteiger partial charge in [-0.05, 0) is 43.0 Å². The fraction of sp³-hybridized carbons (Fsp3) is 0.350. The van der Waals surface area contributed by atoms with Crippen LogP contribution in [0.1, 0.15) is 31.9 Å². The first-order valence-corrected chi connectivity index (χ1v) is 8.55. The maximum absolute atomic E-state index is 12.4. The first kappa shape index (κ1) is 17.9. The minimum Gasteiger partial charge on any atom is -0.492 e. The normalized spacial score (nSPS) is 10.3. The van der Waals surface area contributed by atoms with Crippen LogP contribution < -0.4 is 15.4 Å². The molecule has 0 radical (unpaired) electrons. The molecule has 0 fully saturated rings. The van der Waals surface area contributed by atoms with Crippen LogP contribution >= 0.6 is 0 Å². The average Bonchev–Trinajstić information content (AvgIpc) is 2.61. The van der Waals surface area contributed by atoms with E-state index >= 15 is 0 Å². The number of amides is 1. The molecule has 0 saturated carbocycles. The summed E-state index contributed by atoms with van der Waals surface area (Å²) >= 11 is 0. The van der Waals surface area contributed by atoms with Gasteiger partial charge in [-0.3, -0.25) is 4.79 Å². The molecule has 1 amide bonds. The van der Waals surface area contributed by atoms with E-state index in [4.69, 9.17) is 4.74 Å². The average molecular weight is 326 g/mol. The van der Waals surface area contributed by atoms with Gasteiger partial charge in [0.2, 0.25) is 5.91 Å². The predicted octanol–water partition coefficient (Wildman–Crippen LogP) is 4.26. The molecule has 0 aliphatic heterocycles. The molecular weight excluding hydrogens is 300 g/mol. The van der Waals surface area contributed by atoms with Crippen molar-refractivity contribution in [3.05, 3.63) is 53.6 Å². The largest absolute Gasteiger partial charge is 0.492 e. The predicted molar refractivity (Wildman–Crippen MR) is 99.9 cm³/mol. The van der Waals surface area contributed by atoms with Gasteiger partial charge in [-0.2, -0.15) is 0 Å². The lowest BCUT2D eigenvalue weighted by Gasteiger charge is -2.16. The van der Waals surface area contributed by atoms with E-state index < -0.39 is 0 Å². The highest BCUT2D eigenvalue weighted by molar-refractivity contribution is 5.95. The maximum Gasteiger partial charge on any atom is 0.243 e. The van der Waals surface area contributed by atoms with Crippen LogP contribution in [0.4, 0.5) is 11.4 Å². The number of para-hydroxylation sites is 3. The second-order valence-electron chi connectivity index (χ2n) is 5.49. The van der Waals surface area contributed by atoms with Crippen molar-refractivity contribution in [2.75, 3.05) is 23.8 Å². The molecular formula is C20H26N2O2. The second-order valence-corrected chi connectivity index (χ2v) is 5.49. The van der Waals surface area contributed by atoms with Gasteiger partial charge in [0.15, 0.2) is 0 Å². The molecule has 2 aromatic carbocycles. The molecule has 0 aliphatic carbocycles. The number of hydrogen-bond acceptors (Lipinski definition) is 3. The summed E-state index contributed by atoms with van der Waals surface area (Å²) in [6, 6.07) is 13.8. The smallest absolute Gasteiger partial charge is 0.243 e. The number of hydrogen-bond donors (Lipinski definition) is 2. The van der Waals surface area contributed by atoms with Crippen molar-refractivity contribution >= 4 is 17.3 Å². The standard InChI is InChI=1S/C20H26N2O2/c1-4-15-10-9-11-16(5-2)20(15)22-19(23)14-21-17-12-7-8-13-18(17)24-6-3/h7-13,21H,4-6,14H2,1-3H3,(H,22,23). The summed E-state index contributed by atoms with van der Waals surface area (Å²) in [4.78, 5) is 12.4. The fourth-order valence-corrected chi connectivity index (χ4v) is 2.66. The molecule has 2 N–H and O–H groups in total. The molecule has 4 heteroatoms. The van der Waals surface area contributed by atoms with Gasteiger partial charge in [-0.1, -0.05) is 44.2 Å². The third kappa shape index (κ3) is 4.51. The van der Waals surface area contributed by atoms with E-state index in [9.17, 15) is 4.79 Å². The SMILES string of the molecule is CCOc1ccccc1NCC(=O)Nc1c(CC)cccc1CC. The molecule has 0 atom stereocenters. The maximum atomic E-state index is 12.4. The van der Waals surface area contributed by atoms with E-state index in [-0.39, 0.29) is 12.5 Å². The van der Waals surface area contributed by atoms with Gasteiger partial charge in [-0.25, -0.2) is 0 Å². The molecule has 24 heavy (non-hydrogen) atoms. The van der Waals surface area contributed by atoms with E-state index in [1.165, 1.54) is 0 Å². The van der Waals surface area contributed by atoms with E-state index in [0.717, 1.165) is 41.1 Å². The third-order valence-electron chi connectivity index (χ3n) is 3.89. The summed E-state index contributed by atoms with van der Waals surface area (Å²) in [6.07, 6.45) is 1.79. The molecule has 128 valence electrons. The Morgan fingerprint density at radius 2 is 1.62 bits per heavy atom. The molecule has 0 bridgehead atoms. The van der Waals surface area contributed by atoms with Gasteiger partial charge in [0.25, 0.3) is 0 Å². The Bertz CT molecular complexity index is 661. The lowest BCUT2D eigenvalue weighted by atomic mass is 10.0. The lowest BCUT2D eigenvalue weighted by Crippen LogP contribution is -2.23. The molecule has 4 nitrogen and oxygen atoms in total. The van der Waals surface area contributed by atoms with Crippen molar-refractivity contribution in [1.82, 2.24) is 0 Å². The number of rotatable bonds is 8. The topological polar surface area (TPSA) is 50.4 Å². The van der Waals surface area contributed by atoms with Crippen LogP contribution in [0.2, 0.25) is 0 Å². The minimum absolute atomic E-state index is 0.0584. The molecule has 0 spiro atoms. The van der Waals surface area contributed by atoms with Crippen molar-refractivity contribution in [2.45, 2.75) is 33.6 Å². The zero-order chi connectivity index (χ0) is 17.4. The number of ether oxygens (including phenoxy) is 1. The number of carbonyl (C=O) groups is 1. The van der Waals surface area contributed by atoms with Gasteiger partial charge < -0.3 is 15.4 Å². The van der Waals surface area contributed by atoms with E-state index in [2.05, 4.69) is 36.6 Å². The van der Waals surface area contributed by atoms with Crippen molar-refractivity contribution in [3.63, 3.8) is 0 Å². The van der Waals surface area contributed by atoms with E-state index in [0.29, 0.717) is 6.61 Å². The Labute approximate surface area is 144 Å². The van der Waals surface area contributed by atoms with Crippen LogP contribution in [0.25, 0.3) is 0 Å². The van der Waals surface area contributed by atoms with Gasteiger partial charge in [0, 0.05) is 5.69 Å². The van der Waals surface area contributed by atoms with Crippen molar-refractivity contribution in [3.8, 4) is 5.75 Å². The molecule has 2 rings (SSSR count). The number of nitrogens with one attached hydrogen (secondary N) is 2. The van der Waals surface area contributed by atoms with Crippen molar-refractivity contribution < 1.29 is 9.53 Å². The Balaban J connectivity index is 2.05. The number of benzene rings is 2. The highest BCUT2D eigenvalue weighted by Crippen LogP contribution is 2.24. The zero-order valence-corrected chi connectivity index (χ0v) is 14.7. The van der Waals surface area contributed by atoms with Crippen LogP contribution in [-0.4, -0.2) is 19.1 Å². The summed E-state index contributed by atoms with van der Waals surface area (Å²) in [7, 11) is 0. The van der Waals surface area contributed by atoms with Crippen LogP contribution in [0.3, 0.4) is 0 Å². The van der Waals surface area contributed by atoms with Crippen molar-refractivity contribution in [2.24, 2.45) is 0 Å². The Morgan fingerprint density at radius 3 is 2.25 bits per heavy atom. The minimum atomic E-state index is -0.0584. The Kier molecular flexibility index (Phi) is 6.67. The monoisotopic (exact) mass is 326 g/mol. The van der Waals surface area contributed by atoms with Crippen LogP contribution in [0.15, 0.2) is 42.5 Å². The molecule has 0 saturated heterocycles. The lowest BCUT2D eigenvalue weighted by molar-refractivity contribution is -0.114. The molecule has 0 unspecified atom stereocenters. The van der Waals surface area contributed by atoms with E-state index in [1.54, 1.807) is 0 Å². The zero-order valence-electron chi connectivity index (χ0n) is 14.7. The molecule has 2 aromatic rings. The molecule has 0 aliphatic rings. The first-order chi connectivity index (χ1) is 11.7. The summed E-state index contributed by atoms with van der Waals surface area (Å²) in [6.45, 7) is 6.93. The second kappa shape index (κ2) is 8.96. The summed E-state index contributed by atoms with van der Waals surface area (Å²) < 4.78 is 5.57. The molecule has 0 heterocycles. The summed E-state index contributed by atoms with van der Waals surface area (Å²) in [5.74, 6) is 0.702. The Morgan fingerprint density at radius 1 is 0.958 bits per heavy atom. The highest BCUT2D eigenvalue weighted by atomic mass is 16.5. The van der Waals surface area contributed by atoms with E-state index in [1.807, 2.05) is 37.3 Å². The van der Waals surface area contributed by atoms with Crippen LogP contribution in [-0.2, 0) is 17.6 Å². The van der Waals surface area contributed by atoms with Gasteiger partial charge in [0.05, 0.1) is 18.8 Å². The number of carbonyl (C=O) groups excluding carboxylic acids is 1. The van der Waals surface area contributed by atoms with Crippen LogP contribution in [0.5, 0.6) is 5.75 Å². The third-order valence-corrected chi connectivity index (χ3v) is 3.89. The van der Waals surface area contributed by atoms with Gasteiger partial charge in [-0.15, -0.1) is 0 Å². The first-order valence-electron chi connectivity index (χ1n) is 8.55. The quantitative estimate of drug-likeness (QED) is 0.762. The number of anilines is 2. The van der Waals surface area contributed by atoms with Gasteiger partial charge >= 0.3 is 0 Å².